The summed E-state index contributed by atoms with van der Waals surface area (Å²) in [5.74, 6) is -0.459. The van der Waals surface area contributed by atoms with Crippen LogP contribution < -0.4 is 14.9 Å². The molecule has 0 saturated heterocycles. The van der Waals surface area contributed by atoms with E-state index in [2.05, 4.69) is 4.99 Å². The first-order valence-corrected chi connectivity index (χ1v) is 11.5. The van der Waals surface area contributed by atoms with Crippen molar-refractivity contribution in [2.75, 3.05) is 6.61 Å². The number of aromatic nitrogens is 1. The SMILES string of the molecule is CCOC(=O)C1=C(C)N=c2sc(=C/C=C/c3ccccc3)c(=O)n2[C@@H]1/C=C\c1ccccc1. The van der Waals surface area contributed by atoms with Gasteiger partial charge in [0, 0.05) is 0 Å². The Morgan fingerprint density at radius 3 is 2.33 bits per heavy atom. The number of allylic oxidation sites excluding steroid dienone is 3. The lowest BCUT2D eigenvalue weighted by molar-refractivity contribution is -0.139. The molecule has 4 rings (SSSR count). The minimum absolute atomic E-state index is 0.187. The maximum Gasteiger partial charge on any atom is 0.338 e. The van der Waals surface area contributed by atoms with Gasteiger partial charge in [0.05, 0.1) is 28.5 Å². The van der Waals surface area contributed by atoms with E-state index in [1.54, 1.807) is 24.5 Å². The van der Waals surface area contributed by atoms with Gasteiger partial charge in [-0.1, -0.05) is 96.3 Å². The Balaban J connectivity index is 1.79. The maximum atomic E-state index is 13.4. The van der Waals surface area contributed by atoms with E-state index in [0.717, 1.165) is 11.1 Å². The van der Waals surface area contributed by atoms with E-state index in [0.29, 0.717) is 20.6 Å². The highest BCUT2D eigenvalue weighted by molar-refractivity contribution is 7.07. The minimum atomic E-state index is -0.597. The Kier molecular flexibility index (Phi) is 6.95. The van der Waals surface area contributed by atoms with Crippen molar-refractivity contribution in [2.45, 2.75) is 19.9 Å². The quantitative estimate of drug-likeness (QED) is 0.524. The Morgan fingerprint density at radius 1 is 1.06 bits per heavy atom. The molecule has 33 heavy (non-hydrogen) atoms. The van der Waals surface area contributed by atoms with Gasteiger partial charge in [0.2, 0.25) is 0 Å². The average Bonchev–Trinajstić information content (AvgIpc) is 3.13. The van der Waals surface area contributed by atoms with Crippen LogP contribution in [0, 0.1) is 0 Å². The number of hydrogen-bond donors (Lipinski definition) is 0. The van der Waals surface area contributed by atoms with Crippen molar-refractivity contribution in [2.24, 2.45) is 4.99 Å². The zero-order chi connectivity index (χ0) is 23.2. The molecule has 2 heterocycles. The summed E-state index contributed by atoms with van der Waals surface area (Å²) >= 11 is 1.31. The van der Waals surface area contributed by atoms with Crippen LogP contribution in [0.15, 0.2) is 93.9 Å². The number of nitrogens with zero attached hydrogens (tertiary/aromatic N) is 2. The number of benzene rings is 2. The van der Waals surface area contributed by atoms with E-state index in [1.165, 1.54) is 11.3 Å². The predicted molar refractivity (Wildman–Crippen MR) is 133 cm³/mol. The molecule has 0 bridgehead atoms. The highest BCUT2D eigenvalue weighted by Crippen LogP contribution is 2.26. The Labute approximate surface area is 196 Å². The fourth-order valence-corrected chi connectivity index (χ4v) is 4.61. The number of esters is 1. The van der Waals surface area contributed by atoms with Crippen molar-refractivity contribution in [1.29, 1.82) is 0 Å². The Morgan fingerprint density at radius 2 is 1.70 bits per heavy atom. The van der Waals surface area contributed by atoms with Gasteiger partial charge in [-0.3, -0.25) is 9.36 Å². The van der Waals surface area contributed by atoms with Crippen molar-refractivity contribution < 1.29 is 9.53 Å². The van der Waals surface area contributed by atoms with Gasteiger partial charge in [-0.25, -0.2) is 9.79 Å². The van der Waals surface area contributed by atoms with Gasteiger partial charge in [0.15, 0.2) is 4.80 Å². The van der Waals surface area contributed by atoms with Gasteiger partial charge in [-0.2, -0.15) is 0 Å². The lowest BCUT2D eigenvalue weighted by Gasteiger charge is -2.21. The summed E-state index contributed by atoms with van der Waals surface area (Å²) in [6, 6.07) is 19.0. The zero-order valence-corrected chi connectivity index (χ0v) is 19.3. The van der Waals surface area contributed by atoms with E-state index < -0.39 is 12.0 Å². The fourth-order valence-electron chi connectivity index (χ4n) is 3.61. The van der Waals surface area contributed by atoms with Crippen LogP contribution in [0.25, 0.3) is 18.2 Å². The molecule has 3 aromatic rings. The molecule has 0 spiro atoms. The number of carbonyl (C=O) groups is 1. The summed E-state index contributed by atoms with van der Waals surface area (Å²) < 4.78 is 7.42. The zero-order valence-electron chi connectivity index (χ0n) is 18.5. The molecule has 2 aromatic carbocycles. The lowest BCUT2D eigenvalue weighted by Crippen LogP contribution is -2.38. The number of fused-ring (bicyclic) bond motifs is 1. The molecule has 5 nitrogen and oxygen atoms in total. The molecule has 1 atom stereocenters. The Bertz CT molecular complexity index is 1410. The van der Waals surface area contributed by atoms with Crippen molar-refractivity contribution >= 4 is 35.5 Å². The smallest absolute Gasteiger partial charge is 0.338 e. The second-order valence-electron chi connectivity index (χ2n) is 7.41. The molecule has 0 unspecified atom stereocenters. The molecule has 0 aliphatic carbocycles. The molecule has 0 radical (unpaired) electrons. The van der Waals surface area contributed by atoms with E-state index in [-0.39, 0.29) is 12.2 Å². The summed E-state index contributed by atoms with van der Waals surface area (Å²) in [5, 5.41) is 0. The standard InChI is InChI=1S/C27H24N2O3S/c1-3-32-26(31)24-19(2)28-27-29(22(24)18-17-21-13-8-5-9-14-21)25(30)23(33-27)16-10-15-20-11-6-4-7-12-20/h4-18,22H,3H2,1-2H3/b15-10+,18-17-,23-16?/t22-/m1/s1. The normalized spacial score (nSPS) is 16.3. The van der Waals surface area contributed by atoms with Crippen molar-refractivity contribution in [1.82, 2.24) is 4.57 Å². The first-order chi connectivity index (χ1) is 16.1. The number of rotatable bonds is 6. The van der Waals surface area contributed by atoms with E-state index in [4.69, 9.17) is 4.74 Å². The van der Waals surface area contributed by atoms with Gasteiger partial charge < -0.3 is 4.74 Å². The third-order valence-corrected chi connectivity index (χ3v) is 6.17. The van der Waals surface area contributed by atoms with E-state index in [9.17, 15) is 9.59 Å². The van der Waals surface area contributed by atoms with Crippen molar-refractivity contribution in [3.63, 3.8) is 0 Å². The molecule has 0 N–H and O–H groups in total. The number of carbonyl (C=O) groups excluding carboxylic acids is 1. The van der Waals surface area contributed by atoms with Crippen LogP contribution in [0.2, 0.25) is 0 Å². The minimum Gasteiger partial charge on any atom is -0.463 e. The predicted octanol–water partition coefficient (Wildman–Crippen LogP) is 4.13. The molecule has 6 heteroatoms. The van der Waals surface area contributed by atoms with Gasteiger partial charge >= 0.3 is 5.97 Å². The highest BCUT2D eigenvalue weighted by Gasteiger charge is 2.30. The molecule has 166 valence electrons. The number of thiazole rings is 1. The van der Waals surface area contributed by atoms with Gasteiger partial charge in [0.25, 0.3) is 5.56 Å². The summed E-state index contributed by atoms with van der Waals surface area (Å²) in [6.07, 6.45) is 9.37. The van der Waals surface area contributed by atoms with Crippen LogP contribution in [0.3, 0.4) is 0 Å². The van der Waals surface area contributed by atoms with Crippen LogP contribution in [-0.4, -0.2) is 17.1 Å². The topological polar surface area (TPSA) is 60.7 Å². The summed E-state index contributed by atoms with van der Waals surface area (Å²) in [5.41, 5.74) is 2.77. The van der Waals surface area contributed by atoms with Gasteiger partial charge in [0.1, 0.15) is 0 Å². The summed E-state index contributed by atoms with van der Waals surface area (Å²) in [4.78, 5) is 31.3. The van der Waals surface area contributed by atoms with Crippen LogP contribution in [0.4, 0.5) is 0 Å². The summed E-state index contributed by atoms with van der Waals surface area (Å²) in [7, 11) is 0. The van der Waals surface area contributed by atoms with E-state index in [1.807, 2.05) is 85.0 Å². The van der Waals surface area contributed by atoms with Crippen LogP contribution >= 0.6 is 11.3 Å². The number of hydrogen-bond acceptors (Lipinski definition) is 5. The van der Waals surface area contributed by atoms with Crippen LogP contribution in [0.5, 0.6) is 0 Å². The van der Waals surface area contributed by atoms with Crippen molar-refractivity contribution in [3.8, 4) is 0 Å². The fraction of sp³-hybridized carbons (Fsp3) is 0.148. The van der Waals surface area contributed by atoms with Crippen LogP contribution in [-0.2, 0) is 9.53 Å². The van der Waals surface area contributed by atoms with Gasteiger partial charge in [-0.15, -0.1) is 0 Å². The molecule has 0 fully saturated rings. The molecule has 0 saturated carbocycles. The molecule has 1 aromatic heterocycles. The largest absolute Gasteiger partial charge is 0.463 e. The second-order valence-corrected chi connectivity index (χ2v) is 8.42. The molecule has 0 amide bonds. The molecule has 1 aliphatic rings. The molecule has 1 aliphatic heterocycles. The van der Waals surface area contributed by atoms with Crippen LogP contribution in [0.1, 0.15) is 31.0 Å². The maximum absolute atomic E-state index is 13.4. The van der Waals surface area contributed by atoms with Gasteiger partial charge in [-0.05, 0) is 31.1 Å². The molecular formula is C27H24N2O3S. The average molecular weight is 457 g/mol. The third-order valence-electron chi connectivity index (χ3n) is 5.17. The first-order valence-electron chi connectivity index (χ1n) is 10.7. The number of ether oxygens (including phenoxy) is 1. The van der Waals surface area contributed by atoms with Crippen molar-refractivity contribution in [3.05, 3.63) is 115 Å². The Hall–Kier alpha value is -3.77. The van der Waals surface area contributed by atoms with E-state index >= 15 is 0 Å². The first kappa shape index (κ1) is 22.4. The lowest BCUT2D eigenvalue weighted by atomic mass is 10.0. The summed E-state index contributed by atoms with van der Waals surface area (Å²) in [6.45, 7) is 3.79. The second kappa shape index (κ2) is 10.2. The monoisotopic (exact) mass is 456 g/mol. The molecular weight excluding hydrogens is 432 g/mol. The highest BCUT2D eigenvalue weighted by atomic mass is 32.1. The third kappa shape index (κ3) is 5.02.